The monoisotopic (exact) mass is 299 g/mol. The number of anilines is 1. The second-order valence-corrected chi connectivity index (χ2v) is 6.56. The molecule has 5 nitrogen and oxygen atoms in total. The van der Waals surface area contributed by atoms with E-state index in [4.69, 9.17) is 16.9 Å². The van der Waals surface area contributed by atoms with Gasteiger partial charge >= 0.3 is 0 Å². The van der Waals surface area contributed by atoms with Gasteiger partial charge in [0.05, 0.1) is 22.7 Å². The fraction of sp³-hybridized carbons (Fsp3) is 0. The molecule has 1 aromatic carbocycles. The molecule has 0 aliphatic heterocycles. The van der Waals surface area contributed by atoms with Crippen LogP contribution >= 0.6 is 22.9 Å². The van der Waals surface area contributed by atoms with Crippen LogP contribution in [0.25, 0.3) is 0 Å². The van der Waals surface area contributed by atoms with Crippen LogP contribution in [0.2, 0.25) is 4.34 Å². The summed E-state index contributed by atoms with van der Waals surface area (Å²) in [5, 5.41) is 8.91. The highest BCUT2D eigenvalue weighted by Gasteiger charge is 2.16. The molecule has 0 saturated carbocycles. The molecule has 8 heteroatoms. The first kappa shape index (κ1) is 12.8. The number of nitriles is 1. The molecule has 0 atom stereocenters. The molecule has 0 bridgehead atoms. The first-order valence-electron chi connectivity index (χ1n) is 4.65. The Hall–Kier alpha value is -1.62. The van der Waals surface area contributed by atoms with Crippen LogP contribution in [0.3, 0.4) is 0 Å². The van der Waals surface area contributed by atoms with E-state index < -0.39 is 10.0 Å². The number of thiazole rings is 1. The van der Waals surface area contributed by atoms with E-state index in [2.05, 4.69) is 9.71 Å². The Kier molecular flexibility index (Phi) is 3.52. The normalized spacial score (nSPS) is 10.9. The van der Waals surface area contributed by atoms with Gasteiger partial charge < -0.3 is 0 Å². The third-order valence-corrected chi connectivity index (χ3v) is 4.47. The molecule has 0 aliphatic rings. The number of hydrogen-bond donors (Lipinski definition) is 1. The van der Waals surface area contributed by atoms with Crippen LogP contribution in [0.1, 0.15) is 5.56 Å². The van der Waals surface area contributed by atoms with Crippen molar-refractivity contribution in [3.63, 3.8) is 0 Å². The number of aromatic nitrogens is 1. The lowest BCUT2D eigenvalue weighted by molar-refractivity contribution is 0.601. The van der Waals surface area contributed by atoms with Gasteiger partial charge in [0.1, 0.15) is 4.34 Å². The maximum absolute atomic E-state index is 12.0. The minimum atomic E-state index is -3.74. The number of rotatable bonds is 3. The second-order valence-electron chi connectivity index (χ2n) is 3.21. The molecule has 92 valence electrons. The number of sulfonamides is 1. The van der Waals surface area contributed by atoms with E-state index in [0.29, 0.717) is 4.34 Å². The van der Waals surface area contributed by atoms with Crippen LogP contribution in [-0.2, 0) is 10.0 Å². The zero-order valence-corrected chi connectivity index (χ0v) is 11.2. The largest absolute Gasteiger partial charge is 0.263 e. The minimum Gasteiger partial charge on any atom is -0.255 e. The second kappa shape index (κ2) is 4.94. The Morgan fingerprint density at radius 3 is 2.83 bits per heavy atom. The van der Waals surface area contributed by atoms with E-state index in [-0.39, 0.29) is 15.6 Å². The summed E-state index contributed by atoms with van der Waals surface area (Å²) in [6, 6.07) is 7.60. The van der Waals surface area contributed by atoms with Gasteiger partial charge in [0, 0.05) is 0 Å². The van der Waals surface area contributed by atoms with E-state index in [0.717, 1.165) is 11.3 Å². The molecule has 2 aromatic rings. The number of nitrogens with one attached hydrogen (secondary N) is 1. The molecule has 0 fully saturated rings. The van der Waals surface area contributed by atoms with Crippen LogP contribution in [0.15, 0.2) is 35.4 Å². The highest BCUT2D eigenvalue weighted by Crippen LogP contribution is 2.25. The quantitative estimate of drug-likeness (QED) is 0.943. The van der Waals surface area contributed by atoms with Crippen LogP contribution in [-0.4, -0.2) is 13.4 Å². The molecule has 0 aliphatic carbocycles. The van der Waals surface area contributed by atoms with Crippen molar-refractivity contribution in [2.75, 3.05) is 4.72 Å². The standard InChI is InChI=1S/C10H6ClN3O2S2/c11-9-6-13-10(17-9)14-18(15,16)8-3-1-2-7(4-8)5-12/h1-4,6H,(H,13,14). The topological polar surface area (TPSA) is 82.8 Å². The Labute approximate surface area is 113 Å². The van der Waals surface area contributed by atoms with Crippen LogP contribution in [0.4, 0.5) is 5.13 Å². The van der Waals surface area contributed by atoms with Gasteiger partial charge in [-0.1, -0.05) is 29.0 Å². The average molecular weight is 300 g/mol. The third-order valence-electron chi connectivity index (χ3n) is 1.97. The van der Waals surface area contributed by atoms with Crippen LogP contribution < -0.4 is 4.72 Å². The summed E-state index contributed by atoms with van der Waals surface area (Å²) < 4.78 is 26.6. The number of halogens is 1. The van der Waals surface area contributed by atoms with E-state index in [9.17, 15) is 8.42 Å². The van der Waals surface area contributed by atoms with Crippen molar-refractivity contribution in [2.45, 2.75) is 4.90 Å². The molecule has 0 saturated heterocycles. The van der Waals surface area contributed by atoms with Gasteiger partial charge in [-0.15, -0.1) is 0 Å². The SMILES string of the molecule is N#Cc1cccc(S(=O)(=O)Nc2ncc(Cl)s2)c1. The lowest BCUT2D eigenvalue weighted by Gasteiger charge is -2.04. The van der Waals surface area contributed by atoms with Crippen molar-refractivity contribution < 1.29 is 8.42 Å². The molecule has 1 N–H and O–H groups in total. The highest BCUT2D eigenvalue weighted by molar-refractivity contribution is 7.93. The van der Waals surface area contributed by atoms with Crippen molar-refractivity contribution >= 4 is 38.1 Å². The minimum absolute atomic E-state index is 0.00729. The smallest absolute Gasteiger partial charge is 0.255 e. The van der Waals surface area contributed by atoms with Gasteiger partial charge in [-0.3, -0.25) is 4.72 Å². The first-order chi connectivity index (χ1) is 8.51. The summed E-state index contributed by atoms with van der Waals surface area (Å²) in [6.45, 7) is 0. The van der Waals surface area contributed by atoms with Gasteiger partial charge in [0.2, 0.25) is 0 Å². The van der Waals surface area contributed by atoms with E-state index in [1.807, 2.05) is 6.07 Å². The lowest BCUT2D eigenvalue weighted by atomic mass is 10.2. The lowest BCUT2D eigenvalue weighted by Crippen LogP contribution is -2.12. The molecule has 1 heterocycles. The molecule has 18 heavy (non-hydrogen) atoms. The van der Waals surface area contributed by atoms with Crippen molar-refractivity contribution in [2.24, 2.45) is 0 Å². The molecular weight excluding hydrogens is 294 g/mol. The molecule has 0 spiro atoms. The number of hydrogen-bond acceptors (Lipinski definition) is 5. The predicted octanol–water partition coefficient (Wildman–Crippen LogP) is 2.47. The Balaban J connectivity index is 2.34. The van der Waals surface area contributed by atoms with Crippen LogP contribution in [0.5, 0.6) is 0 Å². The van der Waals surface area contributed by atoms with Crippen LogP contribution in [0, 0.1) is 11.3 Å². The molecule has 0 amide bonds. The number of nitrogens with zero attached hydrogens (tertiary/aromatic N) is 2. The number of benzene rings is 1. The average Bonchev–Trinajstić information content (AvgIpc) is 2.74. The van der Waals surface area contributed by atoms with Crippen molar-refractivity contribution in [1.82, 2.24) is 4.98 Å². The van der Waals surface area contributed by atoms with Crippen molar-refractivity contribution in [3.8, 4) is 6.07 Å². The summed E-state index contributed by atoms with van der Waals surface area (Å²) >= 11 is 6.68. The molecule has 0 radical (unpaired) electrons. The maximum atomic E-state index is 12.0. The highest BCUT2D eigenvalue weighted by atomic mass is 35.5. The van der Waals surface area contributed by atoms with Gasteiger partial charge in [-0.25, -0.2) is 13.4 Å². The molecule has 0 unspecified atom stereocenters. The molecule has 1 aromatic heterocycles. The Morgan fingerprint density at radius 1 is 1.44 bits per heavy atom. The Morgan fingerprint density at radius 2 is 2.22 bits per heavy atom. The summed E-state index contributed by atoms with van der Waals surface area (Å²) in [6.07, 6.45) is 1.36. The van der Waals surface area contributed by atoms with Gasteiger partial charge in [0.15, 0.2) is 5.13 Å². The maximum Gasteiger partial charge on any atom is 0.263 e. The van der Waals surface area contributed by atoms with Gasteiger partial charge in [-0.2, -0.15) is 5.26 Å². The zero-order valence-electron chi connectivity index (χ0n) is 8.79. The Bertz CT molecular complexity index is 719. The predicted molar refractivity (Wildman–Crippen MR) is 69.1 cm³/mol. The van der Waals surface area contributed by atoms with Crippen molar-refractivity contribution in [1.29, 1.82) is 5.26 Å². The van der Waals surface area contributed by atoms with Gasteiger partial charge in [0.25, 0.3) is 10.0 Å². The van der Waals surface area contributed by atoms with Gasteiger partial charge in [-0.05, 0) is 18.2 Å². The third kappa shape index (κ3) is 2.79. The summed E-state index contributed by atoms with van der Waals surface area (Å²) in [4.78, 5) is 3.81. The van der Waals surface area contributed by atoms with Crippen molar-refractivity contribution in [3.05, 3.63) is 40.4 Å². The zero-order chi connectivity index (χ0) is 13.2. The molecule has 2 rings (SSSR count). The fourth-order valence-electron chi connectivity index (χ4n) is 1.21. The fourth-order valence-corrected chi connectivity index (χ4v) is 3.31. The summed E-state index contributed by atoms with van der Waals surface area (Å²) in [5.41, 5.74) is 0.273. The van der Waals surface area contributed by atoms with E-state index in [1.165, 1.54) is 30.5 Å². The summed E-state index contributed by atoms with van der Waals surface area (Å²) in [5.74, 6) is 0. The summed E-state index contributed by atoms with van der Waals surface area (Å²) in [7, 11) is -3.74. The van der Waals surface area contributed by atoms with E-state index in [1.54, 1.807) is 0 Å². The first-order valence-corrected chi connectivity index (χ1v) is 7.33. The molecular formula is C10H6ClN3O2S2. The van der Waals surface area contributed by atoms with E-state index >= 15 is 0 Å².